The van der Waals surface area contributed by atoms with Crippen molar-refractivity contribution in [3.05, 3.63) is 18.0 Å². The molecule has 0 fully saturated rings. The molecule has 62 valence electrons. The Balaban J connectivity index is 2.44. The van der Waals surface area contributed by atoms with Crippen LogP contribution in [0.4, 0.5) is 0 Å². The first-order chi connectivity index (χ1) is 5.36. The van der Waals surface area contributed by atoms with Gasteiger partial charge in [0.15, 0.2) is 0 Å². The molecule has 0 saturated carbocycles. The van der Waals surface area contributed by atoms with Crippen LogP contribution in [-0.2, 0) is 18.0 Å². The maximum atomic E-state index is 5.40. The molecule has 11 heavy (non-hydrogen) atoms. The zero-order chi connectivity index (χ0) is 8.10. The fourth-order valence-electron chi connectivity index (χ4n) is 0.767. The second kappa shape index (κ2) is 4.10. The van der Waals surface area contributed by atoms with Crippen molar-refractivity contribution in [2.75, 3.05) is 6.61 Å². The molecule has 1 aromatic heterocycles. The van der Waals surface area contributed by atoms with Crippen LogP contribution in [0, 0.1) is 0 Å². The number of nitrogens with two attached hydrogens (primary N) is 1. The van der Waals surface area contributed by atoms with Gasteiger partial charge in [-0.2, -0.15) is 5.10 Å². The Morgan fingerprint density at radius 3 is 3.09 bits per heavy atom. The summed E-state index contributed by atoms with van der Waals surface area (Å²) in [6.45, 7) is 3.70. The summed E-state index contributed by atoms with van der Waals surface area (Å²) >= 11 is 0. The minimum Gasteiger partial charge on any atom is -0.360 e. The van der Waals surface area contributed by atoms with Gasteiger partial charge in [-0.05, 0) is 6.92 Å². The fraction of sp³-hybridized carbons (Fsp3) is 0.571. The van der Waals surface area contributed by atoms with Crippen LogP contribution in [0.25, 0.3) is 0 Å². The highest BCUT2D eigenvalue weighted by Crippen LogP contribution is 1.95. The van der Waals surface area contributed by atoms with Crippen LogP contribution in [-0.4, -0.2) is 16.4 Å². The van der Waals surface area contributed by atoms with E-state index >= 15 is 0 Å². The maximum Gasteiger partial charge on any atom is 0.139 e. The molecule has 0 aliphatic carbocycles. The largest absolute Gasteiger partial charge is 0.360 e. The van der Waals surface area contributed by atoms with Crippen molar-refractivity contribution in [1.29, 1.82) is 0 Å². The summed E-state index contributed by atoms with van der Waals surface area (Å²) < 4.78 is 6.86. The number of ether oxygens (including phenoxy) is 1. The highest BCUT2D eigenvalue weighted by atomic mass is 16.5. The molecule has 0 bridgehead atoms. The average Bonchev–Trinajstić information content (AvgIpc) is 2.48. The summed E-state index contributed by atoms with van der Waals surface area (Å²) in [5.41, 5.74) is 6.43. The molecule has 0 unspecified atom stereocenters. The third-order valence-electron chi connectivity index (χ3n) is 1.35. The van der Waals surface area contributed by atoms with E-state index in [1.807, 2.05) is 13.1 Å². The van der Waals surface area contributed by atoms with Crippen LogP contribution in [0.5, 0.6) is 0 Å². The van der Waals surface area contributed by atoms with E-state index in [1.165, 1.54) is 0 Å². The molecule has 4 nitrogen and oxygen atoms in total. The Kier molecular flexibility index (Phi) is 3.07. The highest BCUT2D eigenvalue weighted by molar-refractivity contribution is 5.02. The lowest BCUT2D eigenvalue weighted by Gasteiger charge is -1.98. The van der Waals surface area contributed by atoms with Crippen molar-refractivity contribution < 1.29 is 4.74 Å². The smallest absolute Gasteiger partial charge is 0.139 e. The molecule has 0 amide bonds. The standard InChI is InChI=1S/C7H13N3O/c1-2-11-6-10-5-7(3-8)4-9-10/h4-5H,2-3,6,8H2,1H3. The second-order valence-corrected chi connectivity index (χ2v) is 2.21. The van der Waals surface area contributed by atoms with E-state index in [0.717, 1.165) is 5.56 Å². The molecule has 0 spiro atoms. The third-order valence-corrected chi connectivity index (χ3v) is 1.35. The van der Waals surface area contributed by atoms with Gasteiger partial charge < -0.3 is 10.5 Å². The van der Waals surface area contributed by atoms with Crippen LogP contribution in [0.15, 0.2) is 12.4 Å². The Labute approximate surface area is 66.0 Å². The lowest BCUT2D eigenvalue weighted by molar-refractivity contribution is 0.0791. The molecule has 2 N–H and O–H groups in total. The normalized spacial score (nSPS) is 10.4. The molecule has 0 aliphatic rings. The summed E-state index contributed by atoms with van der Waals surface area (Å²) in [5, 5.41) is 4.04. The van der Waals surface area contributed by atoms with Gasteiger partial charge in [-0.3, -0.25) is 0 Å². The lowest BCUT2D eigenvalue weighted by Crippen LogP contribution is -2.02. The van der Waals surface area contributed by atoms with Crippen molar-refractivity contribution in [2.24, 2.45) is 5.73 Å². The predicted molar refractivity (Wildman–Crippen MR) is 41.7 cm³/mol. The van der Waals surface area contributed by atoms with Crippen LogP contribution < -0.4 is 5.73 Å². The molecular formula is C7H13N3O. The van der Waals surface area contributed by atoms with Gasteiger partial charge in [-0.15, -0.1) is 0 Å². The monoisotopic (exact) mass is 155 g/mol. The van der Waals surface area contributed by atoms with Crippen molar-refractivity contribution >= 4 is 0 Å². The van der Waals surface area contributed by atoms with E-state index in [1.54, 1.807) is 10.9 Å². The molecule has 1 heterocycles. The van der Waals surface area contributed by atoms with Crippen LogP contribution >= 0.6 is 0 Å². The molecule has 0 atom stereocenters. The van der Waals surface area contributed by atoms with E-state index in [0.29, 0.717) is 19.9 Å². The van der Waals surface area contributed by atoms with Crippen molar-refractivity contribution in [3.63, 3.8) is 0 Å². The fourth-order valence-corrected chi connectivity index (χ4v) is 0.767. The van der Waals surface area contributed by atoms with Gasteiger partial charge in [0.05, 0.1) is 6.20 Å². The Bertz CT molecular complexity index is 209. The minimum atomic E-state index is 0.510. The quantitative estimate of drug-likeness (QED) is 0.682. The topological polar surface area (TPSA) is 53.1 Å². The molecule has 1 rings (SSSR count). The summed E-state index contributed by atoms with van der Waals surface area (Å²) in [5.74, 6) is 0. The minimum absolute atomic E-state index is 0.510. The van der Waals surface area contributed by atoms with Gasteiger partial charge >= 0.3 is 0 Å². The van der Waals surface area contributed by atoms with E-state index in [2.05, 4.69) is 5.10 Å². The van der Waals surface area contributed by atoms with E-state index in [9.17, 15) is 0 Å². The third kappa shape index (κ3) is 2.32. The zero-order valence-electron chi connectivity index (χ0n) is 6.66. The highest BCUT2D eigenvalue weighted by Gasteiger charge is 1.94. The van der Waals surface area contributed by atoms with Crippen LogP contribution in [0.1, 0.15) is 12.5 Å². The van der Waals surface area contributed by atoms with Gasteiger partial charge in [-0.25, -0.2) is 4.68 Å². The summed E-state index contributed by atoms with van der Waals surface area (Å²) in [6, 6.07) is 0. The second-order valence-electron chi connectivity index (χ2n) is 2.21. The first-order valence-corrected chi connectivity index (χ1v) is 3.66. The molecule has 0 radical (unpaired) electrons. The molecule has 0 aromatic carbocycles. The Morgan fingerprint density at radius 1 is 1.73 bits per heavy atom. The molecular weight excluding hydrogens is 142 g/mol. The van der Waals surface area contributed by atoms with Crippen molar-refractivity contribution in [2.45, 2.75) is 20.2 Å². The van der Waals surface area contributed by atoms with Gasteiger partial charge in [0.25, 0.3) is 0 Å². The predicted octanol–water partition coefficient (Wildman–Crippen LogP) is 0.336. The van der Waals surface area contributed by atoms with Crippen molar-refractivity contribution in [1.82, 2.24) is 9.78 Å². The van der Waals surface area contributed by atoms with Gasteiger partial charge in [0.2, 0.25) is 0 Å². The van der Waals surface area contributed by atoms with Gasteiger partial charge in [0.1, 0.15) is 6.73 Å². The molecule has 0 aliphatic heterocycles. The summed E-state index contributed by atoms with van der Waals surface area (Å²) in [6.07, 6.45) is 3.63. The van der Waals surface area contributed by atoms with Gasteiger partial charge in [0, 0.05) is 24.9 Å². The maximum absolute atomic E-state index is 5.40. The first kappa shape index (κ1) is 8.23. The molecule has 1 aromatic rings. The number of hydrogen-bond donors (Lipinski definition) is 1. The Hall–Kier alpha value is -0.870. The van der Waals surface area contributed by atoms with E-state index in [-0.39, 0.29) is 0 Å². The van der Waals surface area contributed by atoms with Crippen LogP contribution in [0.2, 0.25) is 0 Å². The van der Waals surface area contributed by atoms with Crippen LogP contribution in [0.3, 0.4) is 0 Å². The van der Waals surface area contributed by atoms with E-state index in [4.69, 9.17) is 10.5 Å². The van der Waals surface area contributed by atoms with Gasteiger partial charge in [-0.1, -0.05) is 0 Å². The number of hydrogen-bond acceptors (Lipinski definition) is 3. The molecule has 0 saturated heterocycles. The first-order valence-electron chi connectivity index (χ1n) is 3.66. The van der Waals surface area contributed by atoms with Crippen molar-refractivity contribution in [3.8, 4) is 0 Å². The zero-order valence-corrected chi connectivity index (χ0v) is 6.66. The van der Waals surface area contributed by atoms with E-state index < -0.39 is 0 Å². The average molecular weight is 155 g/mol. The number of aromatic nitrogens is 2. The molecule has 4 heteroatoms. The lowest BCUT2D eigenvalue weighted by atomic mass is 10.4. The number of rotatable bonds is 4. The number of nitrogens with zero attached hydrogens (tertiary/aromatic N) is 2. The summed E-state index contributed by atoms with van der Waals surface area (Å²) in [7, 11) is 0. The summed E-state index contributed by atoms with van der Waals surface area (Å²) in [4.78, 5) is 0. The Morgan fingerprint density at radius 2 is 2.55 bits per heavy atom. The SMILES string of the molecule is CCOCn1cc(CN)cn1.